The van der Waals surface area contributed by atoms with Gasteiger partial charge in [0, 0.05) is 6.04 Å². The summed E-state index contributed by atoms with van der Waals surface area (Å²) in [6, 6.07) is 0.123. The van der Waals surface area contributed by atoms with Crippen LogP contribution in [0.3, 0.4) is 0 Å². The molecule has 3 amide bonds. The highest BCUT2D eigenvalue weighted by atomic mass is 16.2. The Morgan fingerprint density at radius 1 is 1.15 bits per heavy atom. The lowest BCUT2D eigenvalue weighted by atomic mass is 9.81. The Labute approximate surface area is 120 Å². The van der Waals surface area contributed by atoms with Crippen molar-refractivity contribution < 1.29 is 14.4 Å². The SMILES string of the molecule is CCC(CC)NC(=O)CN1C(=O)[C@@H]2CCCC[C@H]2C1=O. The zero-order chi connectivity index (χ0) is 14.7. The fourth-order valence-electron chi connectivity index (χ4n) is 3.30. The lowest BCUT2D eigenvalue weighted by Crippen LogP contribution is -2.44. The zero-order valence-electron chi connectivity index (χ0n) is 12.4. The summed E-state index contributed by atoms with van der Waals surface area (Å²) in [7, 11) is 0. The van der Waals surface area contributed by atoms with Gasteiger partial charge in [0.2, 0.25) is 17.7 Å². The largest absolute Gasteiger partial charge is 0.352 e. The van der Waals surface area contributed by atoms with Crippen molar-refractivity contribution in [2.45, 2.75) is 58.4 Å². The maximum atomic E-state index is 12.2. The van der Waals surface area contributed by atoms with Crippen molar-refractivity contribution in [3.8, 4) is 0 Å². The second-order valence-corrected chi connectivity index (χ2v) is 5.84. The smallest absolute Gasteiger partial charge is 0.240 e. The number of amides is 3. The molecule has 1 aliphatic carbocycles. The van der Waals surface area contributed by atoms with Crippen LogP contribution in [0, 0.1) is 11.8 Å². The highest BCUT2D eigenvalue weighted by molar-refractivity contribution is 6.07. The average molecular weight is 280 g/mol. The molecule has 1 N–H and O–H groups in total. The van der Waals surface area contributed by atoms with Crippen molar-refractivity contribution >= 4 is 17.7 Å². The first-order valence-electron chi connectivity index (χ1n) is 7.73. The number of likely N-dealkylation sites (tertiary alicyclic amines) is 1. The maximum Gasteiger partial charge on any atom is 0.240 e. The third kappa shape index (κ3) is 2.86. The molecule has 0 aromatic carbocycles. The molecule has 1 saturated heterocycles. The van der Waals surface area contributed by atoms with Crippen molar-refractivity contribution in [2.75, 3.05) is 6.54 Å². The minimum atomic E-state index is -0.223. The molecule has 2 atom stereocenters. The van der Waals surface area contributed by atoms with Gasteiger partial charge in [-0.2, -0.15) is 0 Å². The molecule has 5 heteroatoms. The fourth-order valence-corrected chi connectivity index (χ4v) is 3.30. The van der Waals surface area contributed by atoms with Gasteiger partial charge in [0.25, 0.3) is 0 Å². The molecule has 2 rings (SSSR count). The second kappa shape index (κ2) is 6.37. The van der Waals surface area contributed by atoms with Gasteiger partial charge in [-0.1, -0.05) is 26.7 Å². The van der Waals surface area contributed by atoms with Crippen molar-refractivity contribution in [1.29, 1.82) is 0 Å². The van der Waals surface area contributed by atoms with Crippen LogP contribution in [0.2, 0.25) is 0 Å². The number of hydrogen-bond acceptors (Lipinski definition) is 3. The predicted octanol–water partition coefficient (Wildman–Crippen LogP) is 1.47. The lowest BCUT2D eigenvalue weighted by molar-refractivity contribution is -0.143. The molecule has 1 saturated carbocycles. The van der Waals surface area contributed by atoms with Crippen LogP contribution in [0.5, 0.6) is 0 Å². The van der Waals surface area contributed by atoms with E-state index >= 15 is 0 Å². The number of carbonyl (C=O) groups is 3. The van der Waals surface area contributed by atoms with E-state index in [1.807, 2.05) is 13.8 Å². The number of nitrogens with zero attached hydrogens (tertiary/aromatic N) is 1. The van der Waals surface area contributed by atoms with E-state index in [9.17, 15) is 14.4 Å². The molecule has 1 heterocycles. The summed E-state index contributed by atoms with van der Waals surface area (Å²) in [5.74, 6) is -0.841. The third-order valence-electron chi connectivity index (χ3n) is 4.58. The summed E-state index contributed by atoms with van der Waals surface area (Å²) in [4.78, 5) is 37.6. The number of carbonyl (C=O) groups excluding carboxylic acids is 3. The van der Waals surface area contributed by atoms with E-state index in [0.29, 0.717) is 0 Å². The molecule has 0 unspecified atom stereocenters. The van der Waals surface area contributed by atoms with E-state index in [0.717, 1.165) is 38.5 Å². The first-order valence-corrected chi connectivity index (χ1v) is 7.73. The van der Waals surface area contributed by atoms with Gasteiger partial charge < -0.3 is 5.32 Å². The van der Waals surface area contributed by atoms with E-state index < -0.39 is 0 Å². The lowest BCUT2D eigenvalue weighted by Gasteiger charge is -2.19. The van der Waals surface area contributed by atoms with Crippen LogP contribution in [0.1, 0.15) is 52.4 Å². The number of rotatable bonds is 5. The molecule has 0 aromatic heterocycles. The Kier molecular flexibility index (Phi) is 4.78. The quantitative estimate of drug-likeness (QED) is 0.775. The van der Waals surface area contributed by atoms with E-state index in [-0.39, 0.29) is 42.1 Å². The Hall–Kier alpha value is -1.39. The van der Waals surface area contributed by atoms with Gasteiger partial charge in [0.15, 0.2) is 0 Å². The number of hydrogen-bond donors (Lipinski definition) is 1. The summed E-state index contributed by atoms with van der Waals surface area (Å²) in [5, 5.41) is 2.88. The Morgan fingerprint density at radius 3 is 2.10 bits per heavy atom. The second-order valence-electron chi connectivity index (χ2n) is 5.84. The molecule has 0 spiro atoms. The Morgan fingerprint density at radius 2 is 1.65 bits per heavy atom. The van der Waals surface area contributed by atoms with Gasteiger partial charge in [-0.15, -0.1) is 0 Å². The Balaban J connectivity index is 1.97. The van der Waals surface area contributed by atoms with Crippen LogP contribution in [0.25, 0.3) is 0 Å². The van der Waals surface area contributed by atoms with Gasteiger partial charge in [0.1, 0.15) is 6.54 Å². The highest BCUT2D eigenvalue weighted by Crippen LogP contribution is 2.37. The molecule has 0 bridgehead atoms. The van der Waals surface area contributed by atoms with Crippen LogP contribution >= 0.6 is 0 Å². The van der Waals surface area contributed by atoms with Gasteiger partial charge in [0.05, 0.1) is 11.8 Å². The highest BCUT2D eigenvalue weighted by Gasteiger charge is 2.48. The molecule has 20 heavy (non-hydrogen) atoms. The summed E-state index contributed by atoms with van der Waals surface area (Å²) in [6.45, 7) is 3.91. The monoisotopic (exact) mass is 280 g/mol. The third-order valence-corrected chi connectivity index (χ3v) is 4.58. The Bertz CT molecular complexity index is 380. The summed E-state index contributed by atoms with van der Waals surface area (Å²) >= 11 is 0. The topological polar surface area (TPSA) is 66.5 Å². The number of fused-ring (bicyclic) bond motifs is 1. The molecule has 2 fully saturated rings. The van der Waals surface area contributed by atoms with Gasteiger partial charge in [-0.3, -0.25) is 19.3 Å². The summed E-state index contributed by atoms with van der Waals surface area (Å²) in [6.07, 6.45) is 5.31. The average Bonchev–Trinajstić information content (AvgIpc) is 2.70. The molecule has 1 aliphatic heterocycles. The number of nitrogens with one attached hydrogen (secondary N) is 1. The number of imide groups is 1. The van der Waals surface area contributed by atoms with Crippen LogP contribution in [-0.4, -0.2) is 35.2 Å². The minimum Gasteiger partial charge on any atom is -0.352 e. The van der Waals surface area contributed by atoms with E-state index in [1.54, 1.807) is 0 Å². The van der Waals surface area contributed by atoms with Crippen molar-refractivity contribution in [1.82, 2.24) is 10.2 Å². The van der Waals surface area contributed by atoms with Crippen molar-refractivity contribution in [3.05, 3.63) is 0 Å². The van der Waals surface area contributed by atoms with Gasteiger partial charge in [-0.05, 0) is 25.7 Å². The molecular formula is C15H24N2O3. The van der Waals surface area contributed by atoms with Crippen LogP contribution < -0.4 is 5.32 Å². The predicted molar refractivity (Wildman–Crippen MR) is 74.7 cm³/mol. The molecule has 0 aromatic rings. The minimum absolute atomic E-state index is 0.110. The molecule has 0 radical (unpaired) electrons. The standard InChI is InChI=1S/C15H24N2O3/c1-3-10(4-2)16-13(18)9-17-14(19)11-7-5-6-8-12(11)15(17)20/h10-12H,3-9H2,1-2H3,(H,16,18)/t11-,12-/m1/s1. The van der Waals surface area contributed by atoms with Gasteiger partial charge >= 0.3 is 0 Å². The first kappa shape index (κ1) is 15.0. The van der Waals surface area contributed by atoms with Crippen LogP contribution in [-0.2, 0) is 14.4 Å². The maximum absolute atomic E-state index is 12.2. The first-order chi connectivity index (χ1) is 9.58. The van der Waals surface area contributed by atoms with E-state index in [2.05, 4.69) is 5.32 Å². The molecule has 112 valence electrons. The van der Waals surface area contributed by atoms with E-state index in [4.69, 9.17) is 0 Å². The summed E-state index contributed by atoms with van der Waals surface area (Å²) < 4.78 is 0. The van der Waals surface area contributed by atoms with Crippen molar-refractivity contribution in [3.63, 3.8) is 0 Å². The van der Waals surface area contributed by atoms with Gasteiger partial charge in [-0.25, -0.2) is 0 Å². The molecule has 5 nitrogen and oxygen atoms in total. The van der Waals surface area contributed by atoms with E-state index in [1.165, 1.54) is 4.90 Å². The van der Waals surface area contributed by atoms with Crippen LogP contribution in [0.4, 0.5) is 0 Å². The normalized spacial score (nSPS) is 26.1. The van der Waals surface area contributed by atoms with Crippen molar-refractivity contribution in [2.24, 2.45) is 11.8 Å². The summed E-state index contributed by atoms with van der Waals surface area (Å²) in [5.41, 5.74) is 0. The molecule has 2 aliphatic rings. The fraction of sp³-hybridized carbons (Fsp3) is 0.800. The van der Waals surface area contributed by atoms with Crippen LogP contribution in [0.15, 0.2) is 0 Å². The molecular weight excluding hydrogens is 256 g/mol. The zero-order valence-corrected chi connectivity index (χ0v) is 12.4.